The van der Waals surface area contributed by atoms with E-state index in [1.54, 1.807) is 0 Å². The van der Waals surface area contributed by atoms with Crippen LogP contribution in [0.5, 0.6) is 0 Å². The van der Waals surface area contributed by atoms with Crippen molar-refractivity contribution in [3.8, 4) is 0 Å². The zero-order valence-corrected chi connectivity index (χ0v) is 10.7. The Balaban J connectivity index is 2.38. The number of nitrogens with one attached hydrogen (secondary N) is 1. The molecule has 0 saturated carbocycles. The molecule has 0 aliphatic rings. The summed E-state index contributed by atoms with van der Waals surface area (Å²) in [4.78, 5) is 7.43. The Labute approximate surface area is 112 Å². The summed E-state index contributed by atoms with van der Waals surface area (Å²) in [5, 5.41) is 2.62. The van der Waals surface area contributed by atoms with Crippen molar-refractivity contribution in [3.63, 3.8) is 0 Å². The Morgan fingerprint density at radius 3 is 2.15 bits per heavy atom. The first-order chi connectivity index (χ1) is 9.27. The van der Waals surface area contributed by atoms with Crippen LogP contribution in [0.1, 0.15) is 17.0 Å². The van der Waals surface area contributed by atoms with Crippen molar-refractivity contribution in [2.24, 2.45) is 0 Å². The topological polar surface area (TPSA) is 37.8 Å². The summed E-state index contributed by atoms with van der Waals surface area (Å²) in [7, 11) is 0. The summed E-state index contributed by atoms with van der Waals surface area (Å²) in [6.45, 7) is 2.79. The fourth-order valence-electron chi connectivity index (χ4n) is 1.62. The van der Waals surface area contributed by atoms with Crippen LogP contribution in [0.2, 0.25) is 0 Å². The molecule has 0 aliphatic heterocycles. The molecule has 1 heterocycles. The van der Waals surface area contributed by atoms with Gasteiger partial charge in [-0.3, -0.25) is 0 Å². The second-order valence-corrected chi connectivity index (χ2v) is 4.24. The van der Waals surface area contributed by atoms with Crippen LogP contribution in [0.15, 0.2) is 24.3 Å². The van der Waals surface area contributed by atoms with E-state index in [2.05, 4.69) is 15.3 Å². The maximum Gasteiger partial charge on any atom is 0.433 e. The lowest BCUT2D eigenvalue weighted by Crippen LogP contribution is -2.14. The molecule has 2 aromatic rings. The highest BCUT2D eigenvalue weighted by Crippen LogP contribution is 2.32. The van der Waals surface area contributed by atoms with Crippen molar-refractivity contribution >= 4 is 11.6 Å². The van der Waals surface area contributed by atoms with Crippen LogP contribution in [0, 0.1) is 19.7 Å². The maximum absolute atomic E-state index is 12.8. The van der Waals surface area contributed by atoms with Gasteiger partial charge in [0.2, 0.25) is 5.95 Å². The van der Waals surface area contributed by atoms with E-state index < -0.39 is 17.7 Å². The molecule has 3 nitrogen and oxygen atoms in total. The molecule has 2 rings (SSSR count). The number of hydrogen-bond acceptors (Lipinski definition) is 3. The number of halogens is 4. The summed E-state index contributed by atoms with van der Waals surface area (Å²) in [5.74, 6) is -0.612. The molecule has 0 amide bonds. The molecule has 1 aromatic carbocycles. The van der Waals surface area contributed by atoms with Crippen molar-refractivity contribution in [2.45, 2.75) is 20.0 Å². The van der Waals surface area contributed by atoms with E-state index in [0.717, 1.165) is 0 Å². The SMILES string of the molecule is Cc1nc(Nc2ccc(F)cc2)nc(C(F)(F)F)c1C. The molecule has 0 bridgehead atoms. The number of hydrogen-bond donors (Lipinski definition) is 1. The van der Waals surface area contributed by atoms with Crippen LogP contribution in [0.4, 0.5) is 29.2 Å². The molecule has 1 N–H and O–H groups in total. The highest BCUT2D eigenvalue weighted by molar-refractivity contribution is 5.53. The number of rotatable bonds is 2. The van der Waals surface area contributed by atoms with E-state index >= 15 is 0 Å². The Hall–Kier alpha value is -2.18. The number of aryl methyl sites for hydroxylation is 1. The molecule has 7 heteroatoms. The average Bonchev–Trinajstić information content (AvgIpc) is 2.35. The minimum Gasteiger partial charge on any atom is -0.324 e. The summed E-state index contributed by atoms with van der Waals surface area (Å²) < 4.78 is 51.3. The monoisotopic (exact) mass is 285 g/mol. The van der Waals surface area contributed by atoms with Crippen molar-refractivity contribution < 1.29 is 17.6 Å². The van der Waals surface area contributed by atoms with Crippen LogP contribution in [0.3, 0.4) is 0 Å². The highest BCUT2D eigenvalue weighted by atomic mass is 19.4. The van der Waals surface area contributed by atoms with Gasteiger partial charge in [0.05, 0.1) is 0 Å². The highest BCUT2D eigenvalue weighted by Gasteiger charge is 2.35. The number of nitrogens with zero attached hydrogens (tertiary/aromatic N) is 2. The third-order valence-corrected chi connectivity index (χ3v) is 2.76. The van der Waals surface area contributed by atoms with E-state index in [1.165, 1.54) is 38.1 Å². The number of anilines is 2. The molecule has 0 unspecified atom stereocenters. The van der Waals surface area contributed by atoms with Crippen LogP contribution in [-0.4, -0.2) is 9.97 Å². The third kappa shape index (κ3) is 3.04. The number of aromatic nitrogens is 2. The standard InChI is InChI=1S/C13H11F4N3/c1-7-8(2)18-12(20-11(7)13(15,16)17)19-10-5-3-9(14)4-6-10/h3-6H,1-2H3,(H,18,19,20). The van der Waals surface area contributed by atoms with Crippen molar-refractivity contribution in [1.29, 1.82) is 0 Å². The van der Waals surface area contributed by atoms with Gasteiger partial charge in [0, 0.05) is 16.9 Å². The molecule has 0 aliphatic carbocycles. The smallest absolute Gasteiger partial charge is 0.324 e. The van der Waals surface area contributed by atoms with Gasteiger partial charge in [0.1, 0.15) is 5.82 Å². The predicted octanol–water partition coefficient (Wildman–Crippen LogP) is 3.99. The number of alkyl halides is 3. The lowest BCUT2D eigenvalue weighted by Gasteiger charge is -2.13. The lowest BCUT2D eigenvalue weighted by molar-refractivity contribution is -0.141. The largest absolute Gasteiger partial charge is 0.433 e. The van der Waals surface area contributed by atoms with Crippen molar-refractivity contribution in [1.82, 2.24) is 9.97 Å². The first-order valence-corrected chi connectivity index (χ1v) is 5.72. The van der Waals surface area contributed by atoms with Gasteiger partial charge in [-0.1, -0.05) is 0 Å². The van der Waals surface area contributed by atoms with Crippen molar-refractivity contribution in [3.05, 3.63) is 47.0 Å². The number of benzene rings is 1. The first kappa shape index (κ1) is 14.2. The first-order valence-electron chi connectivity index (χ1n) is 5.72. The molecule has 20 heavy (non-hydrogen) atoms. The van der Waals surface area contributed by atoms with E-state index in [-0.39, 0.29) is 17.2 Å². The molecule has 0 saturated heterocycles. The molecular weight excluding hydrogens is 274 g/mol. The Morgan fingerprint density at radius 1 is 1.00 bits per heavy atom. The van der Waals surface area contributed by atoms with Gasteiger partial charge in [-0.15, -0.1) is 0 Å². The van der Waals surface area contributed by atoms with E-state index in [0.29, 0.717) is 5.69 Å². The van der Waals surface area contributed by atoms with Crippen molar-refractivity contribution in [2.75, 3.05) is 5.32 Å². The molecule has 106 valence electrons. The maximum atomic E-state index is 12.8. The Morgan fingerprint density at radius 2 is 1.60 bits per heavy atom. The average molecular weight is 285 g/mol. The lowest BCUT2D eigenvalue weighted by atomic mass is 10.2. The minimum atomic E-state index is -4.54. The molecule has 0 spiro atoms. The molecule has 0 radical (unpaired) electrons. The summed E-state index contributed by atoms with van der Waals surface area (Å²) in [6.07, 6.45) is -4.54. The van der Waals surface area contributed by atoms with Gasteiger partial charge in [-0.2, -0.15) is 13.2 Å². The second kappa shape index (κ2) is 5.07. The molecule has 0 fully saturated rings. The minimum absolute atomic E-state index is 0.0119. The third-order valence-electron chi connectivity index (χ3n) is 2.76. The zero-order valence-electron chi connectivity index (χ0n) is 10.7. The predicted molar refractivity (Wildman–Crippen MR) is 66.2 cm³/mol. The fraction of sp³-hybridized carbons (Fsp3) is 0.231. The van der Waals surface area contributed by atoms with Gasteiger partial charge in [0.25, 0.3) is 0 Å². The zero-order chi connectivity index (χ0) is 14.9. The Kier molecular flexibility index (Phi) is 3.61. The molecular formula is C13H11F4N3. The quantitative estimate of drug-likeness (QED) is 0.848. The van der Waals surface area contributed by atoms with Gasteiger partial charge in [-0.25, -0.2) is 14.4 Å². The normalized spacial score (nSPS) is 11.5. The van der Waals surface area contributed by atoms with E-state index in [4.69, 9.17) is 0 Å². The van der Waals surface area contributed by atoms with E-state index in [9.17, 15) is 17.6 Å². The second-order valence-electron chi connectivity index (χ2n) is 4.24. The Bertz CT molecular complexity index is 621. The fourth-order valence-corrected chi connectivity index (χ4v) is 1.62. The van der Waals surface area contributed by atoms with Crippen LogP contribution < -0.4 is 5.32 Å². The van der Waals surface area contributed by atoms with Crippen LogP contribution >= 0.6 is 0 Å². The van der Waals surface area contributed by atoms with Gasteiger partial charge >= 0.3 is 6.18 Å². The van der Waals surface area contributed by atoms with Crippen LogP contribution in [-0.2, 0) is 6.18 Å². The van der Waals surface area contributed by atoms with Gasteiger partial charge < -0.3 is 5.32 Å². The summed E-state index contributed by atoms with van der Waals surface area (Å²) >= 11 is 0. The van der Waals surface area contributed by atoms with Gasteiger partial charge in [-0.05, 0) is 38.1 Å². The van der Waals surface area contributed by atoms with Gasteiger partial charge in [0.15, 0.2) is 5.69 Å². The summed E-state index contributed by atoms with van der Waals surface area (Å²) in [6, 6.07) is 5.16. The summed E-state index contributed by atoms with van der Waals surface area (Å²) in [5.41, 5.74) is -0.350. The van der Waals surface area contributed by atoms with Crippen LogP contribution in [0.25, 0.3) is 0 Å². The van der Waals surface area contributed by atoms with E-state index in [1.807, 2.05) is 0 Å². The molecule has 1 aromatic heterocycles. The molecule has 0 atom stereocenters.